The highest BCUT2D eigenvalue weighted by atomic mass is 35.5. The molecule has 0 heterocycles. The van der Waals surface area contributed by atoms with Gasteiger partial charge in [-0.15, -0.1) is 12.4 Å². The SMILES string of the molecule is Cl.NC(=O)O.O.O. The molecule has 0 radical (unpaired) electrons. The van der Waals surface area contributed by atoms with Gasteiger partial charge in [-0.3, -0.25) is 0 Å². The van der Waals surface area contributed by atoms with Gasteiger partial charge in [0.25, 0.3) is 0 Å². The number of primary amides is 1. The van der Waals surface area contributed by atoms with Crippen LogP contribution in [0.5, 0.6) is 0 Å². The lowest BCUT2D eigenvalue weighted by atomic mass is 11.3. The fourth-order valence-corrected chi connectivity index (χ4v) is 0. The van der Waals surface area contributed by atoms with Crippen molar-refractivity contribution in [2.75, 3.05) is 0 Å². The largest absolute Gasteiger partial charge is 0.465 e. The molecule has 0 bridgehead atoms. The highest BCUT2D eigenvalue weighted by Crippen LogP contribution is 1.34. The molecule has 48 valence electrons. The van der Waals surface area contributed by atoms with Gasteiger partial charge in [-0.25, -0.2) is 4.79 Å². The molecule has 1 amide bonds. The Bertz CT molecular complexity index is 34.7. The third-order valence-corrected chi connectivity index (χ3v) is 0. The second kappa shape index (κ2) is 17.9. The molecule has 0 aromatic heterocycles. The molecule has 0 saturated carbocycles. The van der Waals surface area contributed by atoms with Crippen LogP contribution in [0.25, 0.3) is 0 Å². The molecule has 0 aliphatic rings. The molecule has 6 heteroatoms. The maximum Gasteiger partial charge on any atom is 0.402 e. The van der Waals surface area contributed by atoms with Gasteiger partial charge >= 0.3 is 6.09 Å². The maximum atomic E-state index is 8.78. The van der Waals surface area contributed by atoms with Crippen molar-refractivity contribution >= 4 is 18.5 Å². The minimum absolute atomic E-state index is 0. The van der Waals surface area contributed by atoms with Crippen molar-refractivity contribution < 1.29 is 20.9 Å². The van der Waals surface area contributed by atoms with E-state index < -0.39 is 6.09 Å². The van der Waals surface area contributed by atoms with E-state index in [2.05, 4.69) is 5.73 Å². The van der Waals surface area contributed by atoms with Gasteiger partial charge in [-0.2, -0.15) is 0 Å². The standard InChI is InChI=1S/CH3NO2.ClH.2H2O/c2-1(3)4;;;/h2H2,(H,3,4);1H;2*1H2. The highest BCUT2D eigenvalue weighted by molar-refractivity contribution is 5.85. The molecule has 0 saturated heterocycles. The lowest BCUT2D eigenvalue weighted by molar-refractivity contribution is 0.205. The summed E-state index contributed by atoms with van der Waals surface area (Å²) in [6.45, 7) is 0. The van der Waals surface area contributed by atoms with Gasteiger partial charge < -0.3 is 21.8 Å². The van der Waals surface area contributed by atoms with Crippen LogP contribution in [-0.4, -0.2) is 22.2 Å². The van der Waals surface area contributed by atoms with Crippen molar-refractivity contribution in [3.63, 3.8) is 0 Å². The molecular formula is CH8ClNO4. The minimum Gasteiger partial charge on any atom is -0.465 e. The van der Waals surface area contributed by atoms with Crippen LogP contribution in [0.15, 0.2) is 0 Å². The van der Waals surface area contributed by atoms with Crippen molar-refractivity contribution in [3.8, 4) is 0 Å². The van der Waals surface area contributed by atoms with Gasteiger partial charge in [-0.1, -0.05) is 0 Å². The van der Waals surface area contributed by atoms with E-state index in [1.54, 1.807) is 0 Å². The molecule has 0 spiro atoms. The zero-order valence-electron chi connectivity index (χ0n) is 3.34. The first-order chi connectivity index (χ1) is 1.73. The summed E-state index contributed by atoms with van der Waals surface area (Å²) in [5.74, 6) is 0. The Balaban J connectivity index is -0.0000000150. The number of rotatable bonds is 0. The number of amides is 1. The molecule has 0 rings (SSSR count). The van der Waals surface area contributed by atoms with E-state index in [1.165, 1.54) is 0 Å². The molecule has 0 atom stereocenters. The normalized spacial score (nSPS) is 3.43. The summed E-state index contributed by atoms with van der Waals surface area (Å²) in [5.41, 5.74) is 4.03. The van der Waals surface area contributed by atoms with E-state index in [0.717, 1.165) is 0 Å². The zero-order valence-corrected chi connectivity index (χ0v) is 4.16. The molecule has 0 aromatic rings. The summed E-state index contributed by atoms with van der Waals surface area (Å²) in [7, 11) is 0. The zero-order chi connectivity index (χ0) is 3.58. The van der Waals surface area contributed by atoms with Crippen molar-refractivity contribution in [2.24, 2.45) is 5.73 Å². The first-order valence-corrected chi connectivity index (χ1v) is 0.716. The summed E-state index contributed by atoms with van der Waals surface area (Å²) < 4.78 is 0. The van der Waals surface area contributed by atoms with Crippen LogP contribution in [0.2, 0.25) is 0 Å². The fourth-order valence-electron chi connectivity index (χ4n) is 0. The summed E-state index contributed by atoms with van der Waals surface area (Å²) >= 11 is 0. The van der Waals surface area contributed by atoms with Crippen LogP contribution in [0, 0.1) is 0 Å². The van der Waals surface area contributed by atoms with Crippen molar-refractivity contribution in [3.05, 3.63) is 0 Å². The van der Waals surface area contributed by atoms with Crippen LogP contribution < -0.4 is 5.73 Å². The Hall–Kier alpha value is -0.520. The number of nitrogens with two attached hydrogens (primary N) is 1. The van der Waals surface area contributed by atoms with Crippen molar-refractivity contribution in [1.82, 2.24) is 0 Å². The van der Waals surface area contributed by atoms with Gasteiger partial charge in [0, 0.05) is 0 Å². The Morgan fingerprint density at radius 3 is 1.43 bits per heavy atom. The average Bonchev–Trinajstić information content (AvgIpc) is 0.811. The highest BCUT2D eigenvalue weighted by Gasteiger charge is 1.65. The lowest BCUT2D eigenvalue weighted by Gasteiger charge is -1.61. The van der Waals surface area contributed by atoms with E-state index in [4.69, 9.17) is 9.90 Å². The van der Waals surface area contributed by atoms with Crippen molar-refractivity contribution in [1.29, 1.82) is 0 Å². The van der Waals surface area contributed by atoms with Gasteiger partial charge in [0.05, 0.1) is 0 Å². The topological polar surface area (TPSA) is 126 Å². The first-order valence-electron chi connectivity index (χ1n) is 0.716. The molecule has 0 aromatic carbocycles. The van der Waals surface area contributed by atoms with Crippen LogP contribution >= 0.6 is 12.4 Å². The Morgan fingerprint density at radius 1 is 1.43 bits per heavy atom. The average molecular weight is 134 g/mol. The number of carboxylic acid groups (broad SMARTS) is 1. The smallest absolute Gasteiger partial charge is 0.402 e. The maximum absolute atomic E-state index is 8.78. The van der Waals surface area contributed by atoms with Crippen LogP contribution in [-0.2, 0) is 0 Å². The van der Waals surface area contributed by atoms with E-state index >= 15 is 0 Å². The monoisotopic (exact) mass is 133 g/mol. The predicted octanol–water partition coefficient (Wildman–Crippen LogP) is -1.60. The lowest BCUT2D eigenvalue weighted by Crippen LogP contribution is -2.03. The number of halogens is 1. The van der Waals surface area contributed by atoms with Crippen molar-refractivity contribution in [2.45, 2.75) is 0 Å². The predicted molar refractivity (Wildman–Crippen MR) is 26.7 cm³/mol. The quantitative estimate of drug-likeness (QED) is 0.413. The van der Waals surface area contributed by atoms with E-state index in [9.17, 15) is 0 Å². The Morgan fingerprint density at radius 2 is 1.43 bits per heavy atom. The van der Waals surface area contributed by atoms with Crippen LogP contribution in [0.1, 0.15) is 0 Å². The van der Waals surface area contributed by atoms with Gasteiger partial charge in [-0.05, 0) is 0 Å². The fraction of sp³-hybridized carbons (Fsp3) is 0. The third-order valence-electron chi connectivity index (χ3n) is 0. The molecule has 0 fully saturated rings. The van der Waals surface area contributed by atoms with Crippen LogP contribution in [0.3, 0.4) is 0 Å². The molecule has 0 aliphatic heterocycles. The molecular weight excluding hydrogens is 125 g/mol. The van der Waals surface area contributed by atoms with E-state index in [1.807, 2.05) is 0 Å². The van der Waals surface area contributed by atoms with Gasteiger partial charge in [0.15, 0.2) is 0 Å². The van der Waals surface area contributed by atoms with E-state index in [-0.39, 0.29) is 23.4 Å². The Kier molecular flexibility index (Phi) is 80.8. The minimum atomic E-state index is -1.33. The summed E-state index contributed by atoms with van der Waals surface area (Å²) in [4.78, 5) is 8.78. The summed E-state index contributed by atoms with van der Waals surface area (Å²) in [6.07, 6.45) is -1.33. The second-order valence-corrected chi connectivity index (χ2v) is 0.338. The summed E-state index contributed by atoms with van der Waals surface area (Å²) in [6, 6.07) is 0. The Labute approximate surface area is 46.1 Å². The first kappa shape index (κ1) is 31.6. The van der Waals surface area contributed by atoms with E-state index in [0.29, 0.717) is 0 Å². The van der Waals surface area contributed by atoms with Crippen LogP contribution in [0.4, 0.5) is 4.79 Å². The molecule has 7 N–H and O–H groups in total. The number of carbonyl (C=O) groups is 1. The third kappa shape index (κ3) is 245. The van der Waals surface area contributed by atoms with Gasteiger partial charge in [0.2, 0.25) is 0 Å². The summed E-state index contributed by atoms with van der Waals surface area (Å²) in [5, 5.41) is 7.19. The number of hydrogen-bond donors (Lipinski definition) is 2. The molecule has 7 heavy (non-hydrogen) atoms. The number of hydrogen-bond acceptors (Lipinski definition) is 1. The second-order valence-electron chi connectivity index (χ2n) is 0.338. The molecule has 0 aliphatic carbocycles. The van der Waals surface area contributed by atoms with Gasteiger partial charge in [0.1, 0.15) is 0 Å². The molecule has 5 nitrogen and oxygen atoms in total. The molecule has 0 unspecified atom stereocenters.